The van der Waals surface area contributed by atoms with Gasteiger partial charge in [0.05, 0.1) is 5.69 Å². The Hall–Kier alpha value is -1.09. The first-order valence-corrected chi connectivity index (χ1v) is 5.72. The lowest BCUT2D eigenvalue weighted by Crippen LogP contribution is -2.02. The lowest BCUT2D eigenvalue weighted by Gasteiger charge is -2.00. The van der Waals surface area contributed by atoms with Gasteiger partial charge in [-0.2, -0.15) is 5.10 Å². The highest BCUT2D eigenvalue weighted by Crippen LogP contribution is 2.07. The van der Waals surface area contributed by atoms with Gasteiger partial charge in [-0.25, -0.2) is 0 Å². The van der Waals surface area contributed by atoms with Crippen molar-refractivity contribution in [2.75, 3.05) is 6.54 Å². The molecule has 0 amide bonds. The van der Waals surface area contributed by atoms with Crippen LogP contribution in [0.25, 0.3) is 0 Å². The molecule has 0 saturated heterocycles. The van der Waals surface area contributed by atoms with Gasteiger partial charge in [0.2, 0.25) is 0 Å². The molecule has 0 radical (unpaired) electrons. The van der Waals surface area contributed by atoms with Gasteiger partial charge in [0.25, 0.3) is 0 Å². The predicted octanol–water partition coefficient (Wildman–Crippen LogP) is 1.91. The van der Waals surface area contributed by atoms with Crippen molar-refractivity contribution in [1.82, 2.24) is 9.78 Å². The van der Waals surface area contributed by atoms with Crippen molar-refractivity contribution in [3.8, 4) is 0 Å². The van der Waals surface area contributed by atoms with Crippen LogP contribution in [0.3, 0.4) is 0 Å². The Morgan fingerprint density at radius 2 is 2.20 bits per heavy atom. The van der Waals surface area contributed by atoms with E-state index in [9.17, 15) is 0 Å². The number of aryl methyl sites for hydroxylation is 2. The zero-order valence-electron chi connectivity index (χ0n) is 9.74. The van der Waals surface area contributed by atoms with Gasteiger partial charge in [-0.05, 0) is 32.4 Å². The van der Waals surface area contributed by atoms with Crippen molar-refractivity contribution in [1.29, 1.82) is 0 Å². The molecule has 0 spiro atoms. The molecule has 0 aliphatic carbocycles. The van der Waals surface area contributed by atoms with Gasteiger partial charge >= 0.3 is 0 Å². The maximum absolute atomic E-state index is 5.42. The summed E-state index contributed by atoms with van der Waals surface area (Å²) in [5, 5.41) is 4.50. The number of rotatable bonds is 6. The Morgan fingerprint density at radius 1 is 1.40 bits per heavy atom. The van der Waals surface area contributed by atoms with E-state index in [4.69, 9.17) is 5.73 Å². The quantitative estimate of drug-likeness (QED) is 0.724. The van der Waals surface area contributed by atoms with Crippen LogP contribution in [0.1, 0.15) is 31.7 Å². The van der Waals surface area contributed by atoms with Gasteiger partial charge in [0, 0.05) is 18.7 Å². The average Bonchev–Trinajstić information content (AvgIpc) is 2.67. The summed E-state index contributed by atoms with van der Waals surface area (Å²) in [6.45, 7) is 5.93. The molecule has 0 fully saturated rings. The minimum atomic E-state index is 0.726. The van der Waals surface area contributed by atoms with Crippen LogP contribution in [0, 0.1) is 0 Å². The third kappa shape index (κ3) is 3.51. The van der Waals surface area contributed by atoms with Gasteiger partial charge in [-0.3, -0.25) is 4.68 Å². The highest BCUT2D eigenvalue weighted by molar-refractivity contribution is 5.13. The third-order valence-corrected chi connectivity index (χ3v) is 2.40. The fourth-order valence-electron chi connectivity index (χ4n) is 1.54. The highest BCUT2D eigenvalue weighted by Gasteiger charge is 2.02. The monoisotopic (exact) mass is 207 g/mol. The molecule has 3 nitrogen and oxygen atoms in total. The second-order valence-electron chi connectivity index (χ2n) is 3.55. The summed E-state index contributed by atoms with van der Waals surface area (Å²) in [5.74, 6) is 0. The van der Waals surface area contributed by atoms with E-state index >= 15 is 0 Å². The van der Waals surface area contributed by atoms with Crippen LogP contribution in [0.5, 0.6) is 0 Å². The Balaban J connectivity index is 2.62. The first-order valence-electron chi connectivity index (χ1n) is 5.72. The van der Waals surface area contributed by atoms with Gasteiger partial charge < -0.3 is 5.73 Å². The van der Waals surface area contributed by atoms with Crippen molar-refractivity contribution in [3.05, 3.63) is 29.6 Å². The van der Waals surface area contributed by atoms with Crippen molar-refractivity contribution >= 4 is 0 Å². The minimum absolute atomic E-state index is 0.726. The van der Waals surface area contributed by atoms with Gasteiger partial charge in [0.15, 0.2) is 0 Å². The van der Waals surface area contributed by atoms with Crippen LogP contribution in [-0.2, 0) is 19.4 Å². The Morgan fingerprint density at radius 3 is 2.80 bits per heavy atom. The van der Waals surface area contributed by atoms with E-state index in [1.54, 1.807) is 0 Å². The smallest absolute Gasteiger partial charge is 0.0624 e. The van der Waals surface area contributed by atoms with Crippen LogP contribution >= 0.6 is 0 Å². The number of hydrogen-bond acceptors (Lipinski definition) is 2. The van der Waals surface area contributed by atoms with E-state index in [1.807, 2.05) is 0 Å². The van der Waals surface area contributed by atoms with Crippen LogP contribution in [0.2, 0.25) is 0 Å². The molecule has 2 N–H and O–H groups in total. The fraction of sp³-hybridized carbons (Fsp3) is 0.583. The molecule has 0 aromatic carbocycles. The van der Waals surface area contributed by atoms with Gasteiger partial charge in [0.1, 0.15) is 0 Å². The predicted molar refractivity (Wildman–Crippen MR) is 63.8 cm³/mol. The fourth-order valence-corrected chi connectivity index (χ4v) is 1.54. The highest BCUT2D eigenvalue weighted by atomic mass is 15.3. The molecule has 1 heterocycles. The normalized spacial score (nSPS) is 11.4. The maximum Gasteiger partial charge on any atom is 0.0624 e. The summed E-state index contributed by atoms with van der Waals surface area (Å²) in [6.07, 6.45) is 7.24. The lowest BCUT2D eigenvalue weighted by atomic mass is 10.2. The lowest BCUT2D eigenvalue weighted by molar-refractivity contribution is 0.623. The molecular weight excluding hydrogens is 186 g/mol. The van der Waals surface area contributed by atoms with Crippen LogP contribution in [0.4, 0.5) is 0 Å². The summed E-state index contributed by atoms with van der Waals surface area (Å²) in [4.78, 5) is 0. The number of nitrogens with zero attached hydrogens (tertiary/aromatic N) is 2. The van der Waals surface area contributed by atoms with E-state index < -0.39 is 0 Å². The SMILES string of the molecule is CCc1cc(CC=CCCN)n(CC)n1. The molecule has 84 valence electrons. The summed E-state index contributed by atoms with van der Waals surface area (Å²) in [7, 11) is 0. The number of hydrogen-bond donors (Lipinski definition) is 1. The molecule has 1 rings (SSSR count). The summed E-state index contributed by atoms with van der Waals surface area (Å²) < 4.78 is 2.08. The molecule has 0 bridgehead atoms. The second kappa shape index (κ2) is 6.40. The average molecular weight is 207 g/mol. The molecule has 0 atom stereocenters. The molecule has 3 heteroatoms. The third-order valence-electron chi connectivity index (χ3n) is 2.40. The topological polar surface area (TPSA) is 43.8 Å². The van der Waals surface area contributed by atoms with Crippen molar-refractivity contribution < 1.29 is 0 Å². The number of aromatic nitrogens is 2. The minimum Gasteiger partial charge on any atom is -0.330 e. The second-order valence-corrected chi connectivity index (χ2v) is 3.55. The van der Waals surface area contributed by atoms with E-state index in [0.29, 0.717) is 0 Å². The Kier molecular flexibility index (Phi) is 5.12. The molecule has 0 aliphatic heterocycles. The molecule has 0 aliphatic rings. The van der Waals surface area contributed by atoms with Crippen LogP contribution in [-0.4, -0.2) is 16.3 Å². The molecular formula is C12H21N3. The molecule has 0 saturated carbocycles. The summed E-state index contributed by atoms with van der Waals surface area (Å²) >= 11 is 0. The van der Waals surface area contributed by atoms with E-state index in [1.165, 1.54) is 11.4 Å². The first-order chi connectivity index (χ1) is 7.31. The number of nitrogens with two attached hydrogens (primary N) is 1. The zero-order chi connectivity index (χ0) is 11.1. The summed E-state index contributed by atoms with van der Waals surface area (Å²) in [5.41, 5.74) is 7.89. The molecule has 1 aromatic heterocycles. The van der Waals surface area contributed by atoms with Gasteiger partial charge in [-0.1, -0.05) is 19.1 Å². The van der Waals surface area contributed by atoms with Crippen molar-refractivity contribution in [2.24, 2.45) is 5.73 Å². The Labute approximate surface area is 92.0 Å². The molecule has 15 heavy (non-hydrogen) atoms. The summed E-state index contributed by atoms with van der Waals surface area (Å²) in [6, 6.07) is 2.19. The van der Waals surface area contributed by atoms with E-state index in [2.05, 4.69) is 41.8 Å². The zero-order valence-corrected chi connectivity index (χ0v) is 9.74. The van der Waals surface area contributed by atoms with E-state index in [0.717, 1.165) is 32.4 Å². The van der Waals surface area contributed by atoms with Crippen molar-refractivity contribution in [2.45, 2.75) is 39.7 Å². The van der Waals surface area contributed by atoms with Gasteiger partial charge in [-0.15, -0.1) is 0 Å². The van der Waals surface area contributed by atoms with Crippen molar-refractivity contribution in [3.63, 3.8) is 0 Å². The molecule has 0 unspecified atom stereocenters. The standard InChI is InChI=1S/C12H21N3/c1-3-11-10-12(15(4-2)14-11)8-6-5-7-9-13/h5-6,10H,3-4,7-9,13H2,1-2H3. The molecule has 1 aromatic rings. The number of allylic oxidation sites excluding steroid dienone is 1. The van der Waals surface area contributed by atoms with E-state index in [-0.39, 0.29) is 0 Å². The first kappa shape index (κ1) is 12.0. The van der Waals surface area contributed by atoms with Crippen LogP contribution < -0.4 is 5.73 Å². The maximum atomic E-state index is 5.42. The largest absolute Gasteiger partial charge is 0.330 e. The van der Waals surface area contributed by atoms with Crippen LogP contribution in [0.15, 0.2) is 18.2 Å². The Bertz CT molecular complexity index is 313.